The summed E-state index contributed by atoms with van der Waals surface area (Å²) in [6.45, 7) is 0. The summed E-state index contributed by atoms with van der Waals surface area (Å²) >= 11 is 0. The summed E-state index contributed by atoms with van der Waals surface area (Å²) in [4.78, 5) is 35.6. The first-order chi connectivity index (χ1) is 12.7. The molecular weight excluding hydrogens is 332 g/mol. The van der Waals surface area contributed by atoms with Gasteiger partial charge in [0, 0.05) is 46.0 Å². The Morgan fingerprint density at radius 1 is 0.846 bits per heavy atom. The molecule has 26 heavy (non-hydrogen) atoms. The molecule has 7 heteroatoms. The number of aromatic amines is 2. The Labute approximate surface area is 146 Å². The molecular formula is C19H12N4O3. The zero-order valence-electron chi connectivity index (χ0n) is 13.4. The van der Waals surface area contributed by atoms with Crippen LogP contribution in [0.1, 0.15) is 11.1 Å². The van der Waals surface area contributed by atoms with Crippen molar-refractivity contribution in [3.8, 4) is 0 Å². The number of para-hydroxylation sites is 1. The summed E-state index contributed by atoms with van der Waals surface area (Å²) in [5.74, 6) is -1.49. The van der Waals surface area contributed by atoms with Gasteiger partial charge in [-0.1, -0.05) is 18.2 Å². The van der Waals surface area contributed by atoms with Gasteiger partial charge in [0.15, 0.2) is 0 Å². The number of imide groups is 1. The monoisotopic (exact) mass is 344 g/mol. The van der Waals surface area contributed by atoms with Crippen molar-refractivity contribution >= 4 is 44.9 Å². The van der Waals surface area contributed by atoms with Gasteiger partial charge in [-0.15, -0.1) is 5.06 Å². The first-order valence-electron chi connectivity index (χ1n) is 7.97. The van der Waals surface area contributed by atoms with Crippen molar-refractivity contribution in [1.29, 1.82) is 0 Å². The molecule has 126 valence electrons. The van der Waals surface area contributed by atoms with E-state index in [-0.39, 0.29) is 16.2 Å². The third kappa shape index (κ3) is 1.83. The first-order valence-corrected chi connectivity index (χ1v) is 7.97. The van der Waals surface area contributed by atoms with E-state index in [0.717, 1.165) is 10.9 Å². The van der Waals surface area contributed by atoms with Crippen LogP contribution in [0.5, 0.6) is 0 Å². The van der Waals surface area contributed by atoms with Gasteiger partial charge in [0.2, 0.25) is 0 Å². The highest BCUT2D eigenvalue weighted by atomic mass is 16.5. The number of carbonyl (C=O) groups excluding carboxylic acids is 2. The van der Waals surface area contributed by atoms with E-state index in [1.165, 1.54) is 0 Å². The number of hydrogen-bond donors (Lipinski definition) is 3. The van der Waals surface area contributed by atoms with E-state index in [0.29, 0.717) is 22.2 Å². The number of rotatable bonds is 2. The number of fused-ring (bicyclic) bond motifs is 2. The van der Waals surface area contributed by atoms with Gasteiger partial charge in [0.25, 0.3) is 11.8 Å². The van der Waals surface area contributed by atoms with Crippen molar-refractivity contribution < 1.29 is 14.8 Å². The normalized spacial score (nSPS) is 15.0. The zero-order chi connectivity index (χ0) is 17.8. The molecule has 1 aromatic carbocycles. The molecule has 5 rings (SSSR count). The van der Waals surface area contributed by atoms with Crippen molar-refractivity contribution in [1.82, 2.24) is 20.0 Å². The van der Waals surface area contributed by atoms with Gasteiger partial charge < -0.3 is 9.97 Å². The molecule has 0 saturated heterocycles. The highest BCUT2D eigenvalue weighted by Crippen LogP contribution is 2.39. The van der Waals surface area contributed by atoms with Crippen LogP contribution < -0.4 is 0 Å². The second kappa shape index (κ2) is 5.14. The number of nitrogens with zero attached hydrogens (tertiary/aromatic N) is 2. The van der Waals surface area contributed by atoms with Crippen molar-refractivity contribution in [2.75, 3.05) is 0 Å². The molecule has 0 unspecified atom stereocenters. The van der Waals surface area contributed by atoms with E-state index in [1.807, 2.05) is 30.3 Å². The van der Waals surface area contributed by atoms with Crippen molar-refractivity contribution in [3.63, 3.8) is 0 Å². The average Bonchev–Trinajstić information content (AvgIpc) is 3.33. The lowest BCUT2D eigenvalue weighted by Crippen LogP contribution is -2.27. The van der Waals surface area contributed by atoms with Crippen LogP contribution in [0.4, 0.5) is 0 Å². The Morgan fingerprint density at radius 2 is 1.50 bits per heavy atom. The molecule has 0 radical (unpaired) electrons. The van der Waals surface area contributed by atoms with Crippen LogP contribution in [0.2, 0.25) is 0 Å². The molecule has 3 aromatic heterocycles. The molecule has 0 fully saturated rings. The predicted octanol–water partition coefficient (Wildman–Crippen LogP) is 2.71. The van der Waals surface area contributed by atoms with Crippen LogP contribution in [0.15, 0.2) is 55.0 Å². The van der Waals surface area contributed by atoms with Gasteiger partial charge in [0.1, 0.15) is 5.65 Å². The molecule has 0 spiro atoms. The predicted molar refractivity (Wildman–Crippen MR) is 94.8 cm³/mol. The van der Waals surface area contributed by atoms with E-state index in [9.17, 15) is 14.8 Å². The fourth-order valence-corrected chi connectivity index (χ4v) is 3.46. The summed E-state index contributed by atoms with van der Waals surface area (Å²) in [5.41, 5.74) is 2.87. The molecule has 0 saturated carbocycles. The number of benzene rings is 1. The Kier molecular flexibility index (Phi) is 2.89. The molecule has 4 aromatic rings. The number of hydroxylamine groups is 2. The highest BCUT2D eigenvalue weighted by molar-refractivity contribution is 6.50. The maximum absolute atomic E-state index is 12.7. The van der Waals surface area contributed by atoms with Crippen LogP contribution in [0.3, 0.4) is 0 Å². The van der Waals surface area contributed by atoms with Gasteiger partial charge in [-0.3, -0.25) is 14.8 Å². The standard InChI is InChI=1S/C19H12N4O3/c24-18-15(12-8-21-14-6-2-1-4-10(12)14)16(19(25)23(18)26)13-9-22-17-11(13)5-3-7-20-17/h1-9,21,26H,(H,20,22). The Morgan fingerprint density at radius 3 is 2.31 bits per heavy atom. The number of hydrogen-bond acceptors (Lipinski definition) is 4. The summed E-state index contributed by atoms with van der Waals surface area (Å²) in [6, 6.07) is 11.0. The van der Waals surface area contributed by atoms with E-state index in [2.05, 4.69) is 15.0 Å². The molecule has 4 heterocycles. The first kappa shape index (κ1) is 14.6. The smallest absolute Gasteiger partial charge is 0.286 e. The van der Waals surface area contributed by atoms with Gasteiger partial charge in [-0.05, 0) is 18.2 Å². The fourth-order valence-electron chi connectivity index (χ4n) is 3.46. The lowest BCUT2D eigenvalue weighted by atomic mass is 9.96. The maximum Gasteiger partial charge on any atom is 0.286 e. The Balaban J connectivity index is 1.86. The van der Waals surface area contributed by atoms with Crippen LogP contribution in [-0.2, 0) is 9.59 Å². The molecule has 0 bridgehead atoms. The Hall–Kier alpha value is -3.71. The largest absolute Gasteiger partial charge is 0.361 e. The minimum Gasteiger partial charge on any atom is -0.361 e. The van der Waals surface area contributed by atoms with E-state index < -0.39 is 11.8 Å². The van der Waals surface area contributed by atoms with E-state index in [4.69, 9.17) is 0 Å². The highest BCUT2D eigenvalue weighted by Gasteiger charge is 2.40. The van der Waals surface area contributed by atoms with Crippen LogP contribution in [0, 0.1) is 0 Å². The molecule has 2 amide bonds. The van der Waals surface area contributed by atoms with Crippen molar-refractivity contribution in [2.24, 2.45) is 0 Å². The van der Waals surface area contributed by atoms with Gasteiger partial charge in [0.05, 0.1) is 11.1 Å². The zero-order valence-corrected chi connectivity index (χ0v) is 13.4. The van der Waals surface area contributed by atoms with Crippen LogP contribution in [0.25, 0.3) is 33.1 Å². The number of aromatic nitrogens is 3. The van der Waals surface area contributed by atoms with E-state index >= 15 is 0 Å². The summed E-state index contributed by atoms with van der Waals surface area (Å²) in [5, 5.41) is 11.7. The number of amides is 2. The topological polar surface area (TPSA) is 102 Å². The van der Waals surface area contributed by atoms with Crippen LogP contribution in [-0.4, -0.2) is 37.0 Å². The molecule has 0 atom stereocenters. The quantitative estimate of drug-likeness (QED) is 0.384. The molecule has 1 aliphatic rings. The summed E-state index contributed by atoms with van der Waals surface area (Å²) < 4.78 is 0. The number of pyridine rings is 1. The minimum atomic E-state index is -0.750. The lowest BCUT2D eigenvalue weighted by Gasteiger charge is -2.03. The lowest BCUT2D eigenvalue weighted by molar-refractivity contribution is -0.168. The van der Waals surface area contributed by atoms with Crippen molar-refractivity contribution in [3.05, 3.63) is 66.1 Å². The third-order valence-electron chi connectivity index (χ3n) is 4.64. The number of H-pyrrole nitrogens is 2. The SMILES string of the molecule is O=C1C(c2c[nH]c3ccccc23)=C(c2c[nH]c3ncccc23)C(=O)N1O. The van der Waals surface area contributed by atoms with Crippen molar-refractivity contribution in [2.45, 2.75) is 0 Å². The second-order valence-electron chi connectivity index (χ2n) is 6.02. The van der Waals surface area contributed by atoms with Crippen LogP contribution >= 0.6 is 0 Å². The van der Waals surface area contributed by atoms with Gasteiger partial charge in [-0.2, -0.15) is 0 Å². The summed E-state index contributed by atoms with van der Waals surface area (Å²) in [7, 11) is 0. The van der Waals surface area contributed by atoms with E-state index in [1.54, 1.807) is 24.7 Å². The number of carbonyl (C=O) groups is 2. The fraction of sp³-hybridized carbons (Fsp3) is 0. The minimum absolute atomic E-state index is 0.154. The molecule has 7 nitrogen and oxygen atoms in total. The van der Waals surface area contributed by atoms with Gasteiger partial charge >= 0.3 is 0 Å². The van der Waals surface area contributed by atoms with Gasteiger partial charge in [-0.25, -0.2) is 4.98 Å². The average molecular weight is 344 g/mol. The third-order valence-corrected chi connectivity index (χ3v) is 4.64. The molecule has 0 aliphatic carbocycles. The second-order valence-corrected chi connectivity index (χ2v) is 6.02. The molecule has 3 N–H and O–H groups in total. The maximum atomic E-state index is 12.7. The number of nitrogens with one attached hydrogen (secondary N) is 2. The molecule has 1 aliphatic heterocycles. The summed E-state index contributed by atoms with van der Waals surface area (Å²) in [6.07, 6.45) is 4.95. The Bertz CT molecular complexity index is 1150.